The zero-order valence-corrected chi connectivity index (χ0v) is 20.2. The molecule has 0 atom stereocenters. The number of anilines is 1. The number of hydrogen-bond donors (Lipinski definition) is 0. The lowest BCUT2D eigenvalue weighted by molar-refractivity contribution is 0.0354. The number of carbonyl (C=O) groups excluding carboxylic acids is 2. The van der Waals surface area contributed by atoms with E-state index in [1.165, 1.54) is 27.5 Å². The van der Waals surface area contributed by atoms with Gasteiger partial charge in [-0.05, 0) is 39.2 Å². The normalized spacial score (nSPS) is 14.2. The number of ether oxygens (including phenoxy) is 1. The second-order valence-corrected chi connectivity index (χ2v) is 9.28. The van der Waals surface area contributed by atoms with Crippen LogP contribution in [-0.2, 0) is 11.3 Å². The van der Waals surface area contributed by atoms with Crippen molar-refractivity contribution >= 4 is 40.7 Å². The Bertz CT molecular complexity index is 1340. The lowest BCUT2D eigenvalue weighted by Crippen LogP contribution is -2.40. The summed E-state index contributed by atoms with van der Waals surface area (Å²) in [6.07, 6.45) is 4.25. The third-order valence-corrected chi connectivity index (χ3v) is 5.54. The van der Waals surface area contributed by atoms with Crippen molar-refractivity contribution in [1.82, 2.24) is 29.2 Å². The molecule has 0 unspecified atom stereocenters. The van der Waals surface area contributed by atoms with E-state index in [1.54, 1.807) is 49.7 Å². The Morgan fingerprint density at radius 3 is 2.62 bits per heavy atom. The lowest BCUT2D eigenvalue weighted by Gasteiger charge is -2.23. The van der Waals surface area contributed by atoms with Gasteiger partial charge >= 0.3 is 12.1 Å². The predicted octanol–water partition coefficient (Wildman–Crippen LogP) is 3.06. The number of carbonyl (C=O) groups is 2. The lowest BCUT2D eigenvalue weighted by atomic mass is 10.2. The van der Waals surface area contributed by atoms with Crippen LogP contribution in [-0.4, -0.2) is 66.3 Å². The first kappa shape index (κ1) is 23.5. The van der Waals surface area contributed by atoms with Gasteiger partial charge in [-0.2, -0.15) is 0 Å². The van der Waals surface area contributed by atoms with E-state index in [9.17, 15) is 14.4 Å². The van der Waals surface area contributed by atoms with Gasteiger partial charge in [-0.25, -0.2) is 38.8 Å². The number of thioether (sulfide) groups is 1. The Balaban J connectivity index is 1.75. The molecule has 4 rings (SSSR count). The monoisotopic (exact) mass is 483 g/mol. The van der Waals surface area contributed by atoms with Gasteiger partial charge in [0.05, 0.1) is 13.1 Å². The molecule has 1 saturated heterocycles. The van der Waals surface area contributed by atoms with Crippen LogP contribution in [0, 0.1) is 0 Å². The van der Waals surface area contributed by atoms with Crippen molar-refractivity contribution in [2.45, 2.75) is 38.1 Å². The Morgan fingerprint density at radius 1 is 1.21 bits per heavy atom. The highest BCUT2D eigenvalue weighted by atomic mass is 32.2. The first-order valence-electron chi connectivity index (χ1n) is 10.6. The average Bonchev–Trinajstić information content (AvgIpc) is 3.30. The van der Waals surface area contributed by atoms with Crippen molar-refractivity contribution in [3.8, 4) is 5.82 Å². The minimum Gasteiger partial charge on any atom is -0.443 e. The smallest absolute Gasteiger partial charge is 0.418 e. The van der Waals surface area contributed by atoms with E-state index in [4.69, 9.17) is 4.74 Å². The molecule has 34 heavy (non-hydrogen) atoms. The van der Waals surface area contributed by atoms with Crippen molar-refractivity contribution in [3.05, 3.63) is 47.4 Å². The average molecular weight is 484 g/mol. The summed E-state index contributed by atoms with van der Waals surface area (Å²) in [5, 5.41) is 0.857. The fraction of sp³-hybridized carbons (Fsp3) is 0.364. The fourth-order valence-electron chi connectivity index (χ4n) is 3.55. The molecular formula is C22H25N7O4S. The summed E-state index contributed by atoms with van der Waals surface area (Å²) in [6.45, 7) is 9.63. The maximum absolute atomic E-state index is 13.0. The van der Waals surface area contributed by atoms with Gasteiger partial charge in [0.25, 0.3) is 5.56 Å². The van der Waals surface area contributed by atoms with E-state index in [-0.39, 0.29) is 25.2 Å². The summed E-state index contributed by atoms with van der Waals surface area (Å²) >= 11 is 1.36. The number of aromatic nitrogens is 5. The summed E-state index contributed by atoms with van der Waals surface area (Å²) in [7, 11) is 0. The van der Waals surface area contributed by atoms with E-state index in [0.717, 1.165) is 4.90 Å². The molecule has 178 valence electrons. The first-order valence-corrected chi connectivity index (χ1v) is 11.8. The summed E-state index contributed by atoms with van der Waals surface area (Å²) in [6, 6.07) is 4.59. The summed E-state index contributed by atoms with van der Waals surface area (Å²) in [4.78, 5) is 54.2. The van der Waals surface area contributed by atoms with E-state index in [1.807, 2.05) is 6.26 Å². The summed E-state index contributed by atoms with van der Waals surface area (Å²) in [5.41, 5.74) is -0.591. The molecule has 3 aromatic heterocycles. The molecule has 3 amide bonds. The Hall–Kier alpha value is -3.67. The van der Waals surface area contributed by atoms with E-state index >= 15 is 0 Å². The molecule has 0 saturated carbocycles. The summed E-state index contributed by atoms with van der Waals surface area (Å²) in [5.74, 6) is 0.730. The molecule has 4 heterocycles. The van der Waals surface area contributed by atoms with Crippen molar-refractivity contribution in [2.75, 3.05) is 24.2 Å². The fourth-order valence-corrected chi connectivity index (χ4v) is 3.88. The Labute approximate surface area is 200 Å². The van der Waals surface area contributed by atoms with Crippen LogP contribution in [0.25, 0.3) is 16.9 Å². The zero-order valence-electron chi connectivity index (χ0n) is 19.4. The van der Waals surface area contributed by atoms with Gasteiger partial charge in [0.1, 0.15) is 16.8 Å². The van der Waals surface area contributed by atoms with Gasteiger partial charge < -0.3 is 4.74 Å². The molecule has 0 aliphatic carbocycles. The molecule has 0 N–H and O–H groups in total. The second kappa shape index (κ2) is 8.93. The SMILES string of the molecule is C=CCn1c(=O)c2cnc(SC)nc2n1-c1cccc(N2CCN(C(=O)OC(C)(C)C)C2=O)n1. The molecule has 0 aromatic carbocycles. The molecule has 0 radical (unpaired) electrons. The number of nitrogens with zero attached hydrogens (tertiary/aromatic N) is 7. The van der Waals surface area contributed by atoms with Crippen LogP contribution in [0.1, 0.15) is 20.8 Å². The highest BCUT2D eigenvalue weighted by Gasteiger charge is 2.37. The summed E-state index contributed by atoms with van der Waals surface area (Å²) < 4.78 is 8.39. The van der Waals surface area contributed by atoms with Crippen LogP contribution in [0.4, 0.5) is 15.4 Å². The van der Waals surface area contributed by atoms with Crippen LogP contribution in [0.5, 0.6) is 0 Å². The van der Waals surface area contributed by atoms with Crippen molar-refractivity contribution in [3.63, 3.8) is 0 Å². The Morgan fingerprint density at radius 2 is 1.94 bits per heavy atom. The third kappa shape index (κ3) is 4.28. The maximum Gasteiger partial charge on any atom is 0.418 e. The van der Waals surface area contributed by atoms with E-state index in [0.29, 0.717) is 27.8 Å². The van der Waals surface area contributed by atoms with Crippen LogP contribution >= 0.6 is 11.8 Å². The number of rotatable bonds is 5. The molecule has 0 bridgehead atoms. The predicted molar refractivity (Wildman–Crippen MR) is 129 cm³/mol. The molecule has 12 heteroatoms. The maximum atomic E-state index is 13.0. The minimum absolute atomic E-state index is 0.178. The highest BCUT2D eigenvalue weighted by Crippen LogP contribution is 2.23. The highest BCUT2D eigenvalue weighted by molar-refractivity contribution is 7.98. The number of hydrogen-bond acceptors (Lipinski definition) is 8. The van der Waals surface area contributed by atoms with Gasteiger partial charge in [0, 0.05) is 12.7 Å². The van der Waals surface area contributed by atoms with Gasteiger partial charge in [-0.1, -0.05) is 23.9 Å². The first-order chi connectivity index (χ1) is 16.1. The van der Waals surface area contributed by atoms with E-state index < -0.39 is 17.7 Å². The molecule has 0 spiro atoms. The molecule has 11 nitrogen and oxygen atoms in total. The number of pyridine rings is 1. The number of urea groups is 1. The molecule has 1 fully saturated rings. The van der Waals surface area contributed by atoms with Crippen LogP contribution in [0.15, 0.2) is 47.0 Å². The number of amides is 3. The zero-order chi connectivity index (χ0) is 24.6. The molecule has 1 aliphatic rings. The molecule has 1 aliphatic heterocycles. The number of imide groups is 1. The molecule has 3 aromatic rings. The quantitative estimate of drug-likeness (QED) is 0.309. The second-order valence-electron chi connectivity index (χ2n) is 8.50. The van der Waals surface area contributed by atoms with Crippen LogP contribution < -0.4 is 10.5 Å². The molecular weight excluding hydrogens is 458 g/mol. The minimum atomic E-state index is -0.718. The van der Waals surface area contributed by atoms with Crippen LogP contribution in [0.3, 0.4) is 0 Å². The van der Waals surface area contributed by atoms with Gasteiger partial charge in [-0.3, -0.25) is 9.69 Å². The van der Waals surface area contributed by atoms with Crippen molar-refractivity contribution < 1.29 is 14.3 Å². The van der Waals surface area contributed by atoms with Crippen LogP contribution in [0.2, 0.25) is 0 Å². The van der Waals surface area contributed by atoms with Gasteiger partial charge in [0.2, 0.25) is 0 Å². The van der Waals surface area contributed by atoms with Crippen molar-refractivity contribution in [2.24, 2.45) is 0 Å². The Kier molecular flexibility index (Phi) is 6.17. The number of fused-ring (bicyclic) bond motifs is 1. The topological polar surface area (TPSA) is 115 Å². The van der Waals surface area contributed by atoms with Gasteiger partial charge in [-0.15, -0.1) is 6.58 Å². The third-order valence-electron chi connectivity index (χ3n) is 4.97. The van der Waals surface area contributed by atoms with E-state index in [2.05, 4.69) is 21.5 Å². The van der Waals surface area contributed by atoms with Crippen molar-refractivity contribution in [1.29, 1.82) is 0 Å². The van der Waals surface area contributed by atoms with Gasteiger partial charge in [0.15, 0.2) is 16.6 Å². The largest absolute Gasteiger partial charge is 0.443 e. The number of allylic oxidation sites excluding steroid dienone is 1. The standard InChI is InChI=1S/C22H25N7O4S/c1-6-10-28-18(30)14-13-23-19(34-5)25-17(14)29(28)16-9-7-8-15(24-16)26-11-12-27(20(26)31)21(32)33-22(2,3)4/h6-9,13H,1,10-12H2,2-5H3.